The molecular formula is C30H22ClN5O3S. The van der Waals surface area contributed by atoms with Crippen LogP contribution < -0.4 is 10.3 Å². The topological polar surface area (TPSA) is 118 Å². The molecule has 0 unspecified atom stereocenters. The summed E-state index contributed by atoms with van der Waals surface area (Å²) in [5, 5.41) is 2.03. The fourth-order valence-electron chi connectivity index (χ4n) is 4.52. The van der Waals surface area contributed by atoms with Crippen LogP contribution in [0.4, 0.5) is 0 Å². The van der Waals surface area contributed by atoms with Crippen molar-refractivity contribution in [3.63, 3.8) is 0 Å². The summed E-state index contributed by atoms with van der Waals surface area (Å²) in [7, 11) is -3.87. The van der Waals surface area contributed by atoms with Gasteiger partial charge in [0, 0.05) is 52.1 Å². The standard InChI is InChI=1S/C30H22ClN5O3S/c1-18-9-10-24(17-33-18)40(38,39)34-16-23-13-22-14-25(21-12-20-8-5-11-32-28(20)26(31)15-21)27(19-6-3-2-4-7-19)35-29(22)36-30(23)37/h2-15,17,34H,16H2,1H3,(H,35,36,37). The zero-order valence-corrected chi connectivity index (χ0v) is 22.8. The number of sulfonamides is 1. The van der Waals surface area contributed by atoms with Gasteiger partial charge in [-0.3, -0.25) is 14.8 Å². The minimum Gasteiger partial charge on any atom is -0.306 e. The second kappa shape index (κ2) is 10.3. The van der Waals surface area contributed by atoms with Crippen LogP contribution in [-0.4, -0.2) is 28.4 Å². The molecule has 0 spiro atoms. The predicted molar refractivity (Wildman–Crippen MR) is 157 cm³/mol. The molecule has 0 aliphatic carbocycles. The largest absolute Gasteiger partial charge is 0.306 e. The van der Waals surface area contributed by atoms with Gasteiger partial charge in [0.2, 0.25) is 10.0 Å². The quantitative estimate of drug-likeness (QED) is 0.269. The average molecular weight is 568 g/mol. The van der Waals surface area contributed by atoms with Gasteiger partial charge in [0.15, 0.2) is 0 Å². The maximum absolute atomic E-state index is 13.0. The second-order valence-corrected chi connectivity index (χ2v) is 11.5. The summed E-state index contributed by atoms with van der Waals surface area (Å²) in [6.45, 7) is 1.57. The van der Waals surface area contributed by atoms with Crippen LogP contribution in [0.3, 0.4) is 0 Å². The van der Waals surface area contributed by atoms with Gasteiger partial charge in [-0.25, -0.2) is 18.1 Å². The molecule has 4 heterocycles. The van der Waals surface area contributed by atoms with Crippen molar-refractivity contribution in [2.75, 3.05) is 0 Å². The molecule has 6 rings (SSSR count). The van der Waals surface area contributed by atoms with Crippen molar-refractivity contribution in [2.24, 2.45) is 0 Å². The van der Waals surface area contributed by atoms with E-state index in [2.05, 4.69) is 19.7 Å². The lowest BCUT2D eigenvalue weighted by Crippen LogP contribution is -2.27. The number of hydrogen-bond donors (Lipinski definition) is 2. The SMILES string of the molecule is Cc1ccc(S(=O)(=O)NCc2cc3cc(-c4cc(Cl)c5ncccc5c4)c(-c4ccccc4)nc3[nH]c2=O)cn1. The number of aryl methyl sites for hydroxylation is 1. The predicted octanol–water partition coefficient (Wildman–Crippen LogP) is 5.64. The molecule has 0 aliphatic rings. The van der Waals surface area contributed by atoms with Gasteiger partial charge >= 0.3 is 0 Å². The van der Waals surface area contributed by atoms with Crippen molar-refractivity contribution < 1.29 is 8.42 Å². The van der Waals surface area contributed by atoms with Crippen molar-refractivity contribution in [3.8, 4) is 22.4 Å². The zero-order chi connectivity index (χ0) is 27.9. The normalized spacial score (nSPS) is 11.8. The highest BCUT2D eigenvalue weighted by Gasteiger charge is 2.18. The van der Waals surface area contributed by atoms with Crippen molar-refractivity contribution in [1.29, 1.82) is 0 Å². The lowest BCUT2D eigenvalue weighted by Gasteiger charge is -2.14. The molecule has 198 valence electrons. The number of aromatic nitrogens is 4. The molecule has 0 radical (unpaired) electrons. The lowest BCUT2D eigenvalue weighted by molar-refractivity contribution is 0.580. The monoisotopic (exact) mass is 567 g/mol. The van der Waals surface area contributed by atoms with E-state index in [1.165, 1.54) is 12.3 Å². The fraction of sp³-hybridized carbons (Fsp3) is 0.0667. The molecule has 8 nitrogen and oxygen atoms in total. The first-order chi connectivity index (χ1) is 19.3. The van der Waals surface area contributed by atoms with Gasteiger partial charge in [-0.2, -0.15) is 0 Å². The van der Waals surface area contributed by atoms with E-state index in [1.807, 2.05) is 60.7 Å². The average Bonchev–Trinajstić information content (AvgIpc) is 2.96. The number of nitrogens with one attached hydrogen (secondary N) is 2. The molecule has 0 fully saturated rings. The van der Waals surface area contributed by atoms with Crippen molar-refractivity contribution in [1.82, 2.24) is 24.7 Å². The van der Waals surface area contributed by atoms with E-state index in [0.717, 1.165) is 22.1 Å². The molecule has 0 amide bonds. The van der Waals surface area contributed by atoms with E-state index in [9.17, 15) is 13.2 Å². The van der Waals surface area contributed by atoms with E-state index >= 15 is 0 Å². The highest BCUT2D eigenvalue weighted by Crippen LogP contribution is 2.36. The Morgan fingerprint density at radius 3 is 2.50 bits per heavy atom. The van der Waals surface area contributed by atoms with E-state index in [4.69, 9.17) is 16.6 Å². The number of aromatic amines is 1. The van der Waals surface area contributed by atoms with E-state index < -0.39 is 15.6 Å². The van der Waals surface area contributed by atoms with Crippen molar-refractivity contribution in [3.05, 3.63) is 118 Å². The maximum Gasteiger partial charge on any atom is 0.254 e. The first-order valence-electron chi connectivity index (χ1n) is 12.4. The number of fused-ring (bicyclic) bond motifs is 2. The Labute approximate surface area is 234 Å². The Bertz CT molecular complexity index is 2060. The van der Waals surface area contributed by atoms with Gasteiger partial charge in [0.05, 0.1) is 16.2 Å². The number of halogens is 1. The Morgan fingerprint density at radius 1 is 0.900 bits per heavy atom. The van der Waals surface area contributed by atoms with Crippen LogP contribution in [0.25, 0.3) is 44.3 Å². The summed E-state index contributed by atoms with van der Waals surface area (Å²) >= 11 is 6.62. The molecule has 6 aromatic rings. The van der Waals surface area contributed by atoms with Crippen LogP contribution >= 0.6 is 11.6 Å². The lowest BCUT2D eigenvalue weighted by atomic mass is 9.96. The molecule has 0 saturated carbocycles. The first kappa shape index (κ1) is 25.8. The maximum atomic E-state index is 13.0. The van der Waals surface area contributed by atoms with Crippen LogP contribution in [0.5, 0.6) is 0 Å². The summed E-state index contributed by atoms with van der Waals surface area (Å²) in [4.78, 5) is 29.1. The van der Waals surface area contributed by atoms with E-state index in [-0.39, 0.29) is 17.0 Å². The van der Waals surface area contributed by atoms with Crippen LogP contribution in [0.1, 0.15) is 11.3 Å². The van der Waals surface area contributed by atoms with Gasteiger partial charge in [-0.1, -0.05) is 48.0 Å². The Hall–Kier alpha value is -4.44. The number of benzene rings is 2. The first-order valence-corrected chi connectivity index (χ1v) is 14.2. The number of nitrogens with zero attached hydrogens (tertiary/aromatic N) is 3. The van der Waals surface area contributed by atoms with Gasteiger partial charge in [-0.15, -0.1) is 0 Å². The Balaban J connectivity index is 1.46. The molecular weight excluding hydrogens is 546 g/mol. The second-order valence-electron chi connectivity index (χ2n) is 9.31. The van der Waals surface area contributed by atoms with Gasteiger partial charge < -0.3 is 4.98 Å². The van der Waals surface area contributed by atoms with Crippen molar-refractivity contribution in [2.45, 2.75) is 18.4 Å². The van der Waals surface area contributed by atoms with E-state index in [0.29, 0.717) is 33.0 Å². The molecule has 10 heteroatoms. The molecule has 40 heavy (non-hydrogen) atoms. The fourth-order valence-corrected chi connectivity index (χ4v) is 5.75. The molecule has 0 bridgehead atoms. The van der Waals surface area contributed by atoms with Crippen LogP contribution in [0.2, 0.25) is 5.02 Å². The third kappa shape index (κ3) is 4.98. The van der Waals surface area contributed by atoms with Gasteiger partial charge in [0.1, 0.15) is 10.5 Å². The van der Waals surface area contributed by atoms with Crippen LogP contribution in [0, 0.1) is 6.92 Å². The van der Waals surface area contributed by atoms with E-state index in [1.54, 1.807) is 25.3 Å². The third-order valence-electron chi connectivity index (χ3n) is 6.57. The molecule has 2 N–H and O–H groups in total. The number of pyridine rings is 4. The van der Waals surface area contributed by atoms with Crippen LogP contribution in [-0.2, 0) is 16.6 Å². The molecule has 0 aliphatic heterocycles. The summed E-state index contributed by atoms with van der Waals surface area (Å²) in [6, 6.07) is 24.0. The minimum atomic E-state index is -3.87. The summed E-state index contributed by atoms with van der Waals surface area (Å²) in [5.74, 6) is 0. The third-order valence-corrected chi connectivity index (χ3v) is 8.24. The molecule has 0 saturated heterocycles. The summed E-state index contributed by atoms with van der Waals surface area (Å²) in [6.07, 6.45) is 2.98. The molecule has 4 aromatic heterocycles. The van der Waals surface area contributed by atoms with Gasteiger partial charge in [0.25, 0.3) is 5.56 Å². The Kier molecular flexibility index (Phi) is 6.63. The van der Waals surface area contributed by atoms with Crippen LogP contribution in [0.15, 0.2) is 101 Å². The highest BCUT2D eigenvalue weighted by molar-refractivity contribution is 7.89. The van der Waals surface area contributed by atoms with Gasteiger partial charge in [-0.05, 0) is 55.0 Å². The summed E-state index contributed by atoms with van der Waals surface area (Å²) in [5.41, 5.74) is 4.77. The Morgan fingerprint density at radius 2 is 1.73 bits per heavy atom. The number of hydrogen-bond acceptors (Lipinski definition) is 6. The zero-order valence-electron chi connectivity index (χ0n) is 21.2. The number of H-pyrrole nitrogens is 1. The minimum absolute atomic E-state index is 0.0226. The molecule has 2 aromatic carbocycles. The summed E-state index contributed by atoms with van der Waals surface area (Å²) < 4.78 is 28.1. The highest BCUT2D eigenvalue weighted by atomic mass is 35.5. The molecule has 0 atom stereocenters. The number of rotatable bonds is 6. The smallest absolute Gasteiger partial charge is 0.254 e. The van der Waals surface area contributed by atoms with Crippen molar-refractivity contribution >= 4 is 43.6 Å².